The van der Waals surface area contributed by atoms with Crippen molar-refractivity contribution in [1.82, 2.24) is 0 Å². The first kappa shape index (κ1) is 10.6. The molecule has 1 nitrogen and oxygen atoms in total. The maximum Gasteiger partial charge on any atom is 0.0809 e. The average molecular weight is 273 g/mol. The molecule has 86 valence electrons. The van der Waals surface area contributed by atoms with Crippen LogP contribution >= 0.6 is 15.9 Å². The van der Waals surface area contributed by atoms with Crippen LogP contribution in [-0.2, 0) is 4.74 Å². The maximum atomic E-state index is 6.20. The summed E-state index contributed by atoms with van der Waals surface area (Å²) in [5.74, 6) is 2.91. The van der Waals surface area contributed by atoms with Gasteiger partial charge in [-0.25, -0.2) is 0 Å². The van der Waals surface area contributed by atoms with Crippen molar-refractivity contribution in [1.29, 1.82) is 0 Å². The first-order valence-corrected chi connectivity index (χ1v) is 7.66. The van der Waals surface area contributed by atoms with Gasteiger partial charge in [0.15, 0.2) is 0 Å². The zero-order chi connectivity index (χ0) is 10.3. The lowest BCUT2D eigenvalue weighted by Gasteiger charge is -2.44. The van der Waals surface area contributed by atoms with Crippen molar-refractivity contribution < 1.29 is 4.74 Å². The predicted molar refractivity (Wildman–Crippen MR) is 65.3 cm³/mol. The van der Waals surface area contributed by atoms with Crippen molar-refractivity contribution in [2.24, 2.45) is 17.8 Å². The molecule has 1 heterocycles. The summed E-state index contributed by atoms with van der Waals surface area (Å²) in [4.78, 5) is 0. The fourth-order valence-corrected chi connectivity index (χ4v) is 5.12. The molecule has 0 spiro atoms. The highest BCUT2D eigenvalue weighted by Gasteiger charge is 2.51. The van der Waals surface area contributed by atoms with Gasteiger partial charge in [-0.3, -0.25) is 0 Å². The van der Waals surface area contributed by atoms with Crippen molar-refractivity contribution in [2.75, 3.05) is 11.9 Å². The Labute approximate surface area is 101 Å². The van der Waals surface area contributed by atoms with Crippen LogP contribution in [0.1, 0.15) is 44.9 Å². The summed E-state index contributed by atoms with van der Waals surface area (Å²) in [6, 6.07) is 0. The van der Waals surface area contributed by atoms with Gasteiger partial charge in [0.2, 0.25) is 0 Å². The molecule has 2 heteroatoms. The van der Waals surface area contributed by atoms with Crippen LogP contribution in [0.2, 0.25) is 0 Å². The molecule has 15 heavy (non-hydrogen) atoms. The molecule has 2 bridgehead atoms. The molecule has 1 saturated heterocycles. The van der Waals surface area contributed by atoms with Gasteiger partial charge in [-0.1, -0.05) is 22.4 Å². The molecule has 0 amide bonds. The summed E-state index contributed by atoms with van der Waals surface area (Å²) in [5, 5.41) is 1.06. The minimum atomic E-state index is 0.220. The van der Waals surface area contributed by atoms with E-state index in [1.54, 1.807) is 0 Å². The van der Waals surface area contributed by atoms with Crippen LogP contribution < -0.4 is 0 Å². The van der Waals surface area contributed by atoms with Crippen molar-refractivity contribution >= 4 is 15.9 Å². The quantitative estimate of drug-likeness (QED) is 0.696. The van der Waals surface area contributed by atoms with E-state index in [0.29, 0.717) is 0 Å². The molecule has 1 aliphatic heterocycles. The van der Waals surface area contributed by atoms with Gasteiger partial charge in [0.25, 0.3) is 0 Å². The Kier molecular flexibility index (Phi) is 2.84. The van der Waals surface area contributed by atoms with E-state index in [0.717, 1.165) is 29.7 Å². The van der Waals surface area contributed by atoms with E-state index in [-0.39, 0.29) is 5.60 Å². The minimum Gasteiger partial charge on any atom is -0.374 e. The summed E-state index contributed by atoms with van der Waals surface area (Å²) in [6.07, 6.45) is 9.88. The van der Waals surface area contributed by atoms with E-state index in [1.807, 2.05) is 0 Å². The predicted octanol–water partition coefficient (Wildman–Crippen LogP) is 3.76. The van der Waals surface area contributed by atoms with Crippen LogP contribution in [0, 0.1) is 17.8 Å². The van der Waals surface area contributed by atoms with E-state index < -0.39 is 0 Å². The van der Waals surface area contributed by atoms with Gasteiger partial charge >= 0.3 is 0 Å². The molecule has 3 fully saturated rings. The Morgan fingerprint density at radius 1 is 1.20 bits per heavy atom. The number of hydrogen-bond acceptors (Lipinski definition) is 1. The van der Waals surface area contributed by atoms with E-state index >= 15 is 0 Å². The number of ether oxygens (including phenoxy) is 1. The number of alkyl halides is 1. The first-order valence-electron chi connectivity index (χ1n) is 6.54. The van der Waals surface area contributed by atoms with Crippen molar-refractivity contribution in [2.45, 2.75) is 50.5 Å². The SMILES string of the molecule is BrCC1(C2CC3CCC2C3)CCCCO1. The molecule has 0 aromatic carbocycles. The summed E-state index contributed by atoms with van der Waals surface area (Å²) in [6.45, 7) is 0.999. The first-order chi connectivity index (χ1) is 7.34. The van der Waals surface area contributed by atoms with Crippen LogP contribution in [0.4, 0.5) is 0 Å². The Hall–Kier alpha value is 0.440. The third-order valence-corrected chi connectivity index (χ3v) is 5.97. The summed E-state index contributed by atoms with van der Waals surface area (Å²) in [7, 11) is 0. The van der Waals surface area contributed by atoms with Crippen molar-refractivity contribution in [3.05, 3.63) is 0 Å². The zero-order valence-corrected chi connectivity index (χ0v) is 11.0. The smallest absolute Gasteiger partial charge is 0.0809 e. The van der Waals surface area contributed by atoms with Gasteiger partial charge in [0, 0.05) is 11.9 Å². The summed E-state index contributed by atoms with van der Waals surface area (Å²) >= 11 is 3.72. The van der Waals surface area contributed by atoms with Crippen molar-refractivity contribution in [3.63, 3.8) is 0 Å². The van der Waals surface area contributed by atoms with Crippen LogP contribution in [0.15, 0.2) is 0 Å². The Morgan fingerprint density at radius 2 is 2.13 bits per heavy atom. The van der Waals surface area contributed by atoms with Crippen LogP contribution in [0.25, 0.3) is 0 Å². The third kappa shape index (κ3) is 1.68. The molecule has 0 N–H and O–H groups in total. The highest BCUT2D eigenvalue weighted by atomic mass is 79.9. The molecular formula is C13H21BrO. The summed E-state index contributed by atoms with van der Waals surface area (Å²) in [5.41, 5.74) is 0.220. The number of fused-ring (bicyclic) bond motifs is 2. The van der Waals surface area contributed by atoms with Gasteiger partial charge in [-0.15, -0.1) is 0 Å². The Bertz CT molecular complexity index is 235. The topological polar surface area (TPSA) is 9.23 Å². The lowest BCUT2D eigenvalue weighted by Crippen LogP contribution is -2.47. The second-order valence-electron chi connectivity index (χ2n) is 5.79. The monoisotopic (exact) mass is 272 g/mol. The molecule has 4 unspecified atom stereocenters. The molecule has 3 rings (SSSR count). The van der Waals surface area contributed by atoms with Gasteiger partial charge < -0.3 is 4.74 Å². The number of rotatable bonds is 2. The molecule has 4 atom stereocenters. The fourth-order valence-electron chi connectivity index (χ4n) is 4.26. The van der Waals surface area contributed by atoms with E-state index in [9.17, 15) is 0 Å². The van der Waals surface area contributed by atoms with Gasteiger partial charge in [0.1, 0.15) is 0 Å². The van der Waals surface area contributed by atoms with Crippen LogP contribution in [0.5, 0.6) is 0 Å². The Balaban J connectivity index is 1.77. The number of halogens is 1. The van der Waals surface area contributed by atoms with Gasteiger partial charge in [0.05, 0.1) is 5.60 Å². The van der Waals surface area contributed by atoms with E-state index in [2.05, 4.69) is 15.9 Å². The van der Waals surface area contributed by atoms with Crippen LogP contribution in [0.3, 0.4) is 0 Å². The highest BCUT2D eigenvalue weighted by Crippen LogP contribution is 2.55. The molecule has 2 saturated carbocycles. The van der Waals surface area contributed by atoms with Gasteiger partial charge in [-0.05, 0) is 56.3 Å². The third-order valence-electron chi connectivity index (χ3n) is 5.02. The van der Waals surface area contributed by atoms with E-state index in [1.165, 1.54) is 44.9 Å². The van der Waals surface area contributed by atoms with Crippen LogP contribution in [-0.4, -0.2) is 17.5 Å². The molecule has 0 aromatic heterocycles. The number of hydrogen-bond donors (Lipinski definition) is 0. The minimum absolute atomic E-state index is 0.220. The molecule has 0 radical (unpaired) electrons. The molecule has 3 aliphatic rings. The lowest BCUT2D eigenvalue weighted by atomic mass is 9.74. The lowest BCUT2D eigenvalue weighted by molar-refractivity contribution is -0.112. The maximum absolute atomic E-state index is 6.20. The average Bonchev–Trinajstić information content (AvgIpc) is 2.92. The normalized spacial score (nSPS) is 49.8. The second-order valence-corrected chi connectivity index (χ2v) is 6.35. The fraction of sp³-hybridized carbons (Fsp3) is 1.00. The Morgan fingerprint density at radius 3 is 2.67 bits per heavy atom. The molecule has 2 aliphatic carbocycles. The van der Waals surface area contributed by atoms with Crippen molar-refractivity contribution in [3.8, 4) is 0 Å². The second kappa shape index (κ2) is 4.03. The standard InChI is InChI=1S/C13H21BrO/c14-9-13(5-1-2-6-15-13)12-8-10-3-4-11(12)7-10/h10-12H,1-9H2. The summed E-state index contributed by atoms with van der Waals surface area (Å²) < 4.78 is 6.20. The zero-order valence-electron chi connectivity index (χ0n) is 9.38. The molecular weight excluding hydrogens is 252 g/mol. The van der Waals surface area contributed by atoms with Gasteiger partial charge in [-0.2, -0.15) is 0 Å². The largest absolute Gasteiger partial charge is 0.374 e. The highest BCUT2D eigenvalue weighted by molar-refractivity contribution is 9.09. The molecule has 0 aromatic rings. The van der Waals surface area contributed by atoms with E-state index in [4.69, 9.17) is 4.74 Å².